The maximum absolute atomic E-state index is 13.2. The normalized spacial score (nSPS) is 14.5. The molecule has 0 spiro atoms. The van der Waals surface area contributed by atoms with Gasteiger partial charge in [0.15, 0.2) is 0 Å². The Balaban J connectivity index is 1.98. The zero-order chi connectivity index (χ0) is 21.8. The van der Waals surface area contributed by atoms with Crippen LogP contribution in [0.2, 0.25) is 0 Å². The summed E-state index contributed by atoms with van der Waals surface area (Å²) in [7, 11) is 0. The van der Waals surface area contributed by atoms with E-state index in [1.54, 1.807) is 13.0 Å². The molecule has 30 heavy (non-hydrogen) atoms. The van der Waals surface area contributed by atoms with Gasteiger partial charge in [-0.1, -0.05) is 23.9 Å². The smallest absolute Gasteiger partial charge is 0.326 e. The first-order chi connectivity index (χ1) is 14.3. The van der Waals surface area contributed by atoms with Gasteiger partial charge in [-0.2, -0.15) is 0 Å². The Kier molecular flexibility index (Phi) is 6.62. The third-order valence-electron chi connectivity index (χ3n) is 4.45. The first-order valence-electron chi connectivity index (χ1n) is 9.56. The third kappa shape index (κ3) is 4.74. The average Bonchev–Trinajstić information content (AvgIpc) is 2.68. The number of aryl methyl sites for hydroxylation is 2. The first-order valence-corrected chi connectivity index (χ1v) is 10.4. The van der Waals surface area contributed by atoms with Gasteiger partial charge in [0.05, 0.1) is 17.2 Å². The molecule has 0 N–H and O–H groups in total. The lowest BCUT2D eigenvalue weighted by Gasteiger charge is -2.29. The molecule has 6 nitrogen and oxygen atoms in total. The van der Waals surface area contributed by atoms with Crippen molar-refractivity contribution in [3.05, 3.63) is 58.0 Å². The lowest BCUT2D eigenvalue weighted by Crippen LogP contribution is -2.39. The van der Waals surface area contributed by atoms with Gasteiger partial charge in [0.2, 0.25) is 0 Å². The molecule has 2 aromatic rings. The number of thioether (sulfide) groups is 1. The molecule has 2 aromatic carbocycles. The van der Waals surface area contributed by atoms with E-state index in [1.807, 2.05) is 50.2 Å². The molecule has 0 saturated heterocycles. The van der Waals surface area contributed by atoms with Crippen LogP contribution >= 0.6 is 11.8 Å². The number of hydrogen-bond acceptors (Lipinski definition) is 6. The lowest BCUT2D eigenvalue weighted by atomic mass is 10.0. The highest BCUT2D eigenvalue weighted by molar-refractivity contribution is 8.04. The molecule has 0 atom stereocenters. The summed E-state index contributed by atoms with van der Waals surface area (Å²) in [6.45, 7) is 6.91. The summed E-state index contributed by atoms with van der Waals surface area (Å²) < 4.78 is 10.3. The number of rotatable bonds is 5. The fraction of sp³-hybridized carbons (Fsp3) is 0.261. The maximum atomic E-state index is 13.2. The van der Waals surface area contributed by atoms with Crippen molar-refractivity contribution in [3.8, 4) is 5.75 Å². The van der Waals surface area contributed by atoms with Gasteiger partial charge < -0.3 is 9.47 Å². The van der Waals surface area contributed by atoms with E-state index >= 15 is 0 Å². The SMILES string of the molecule is CCOC(=O)CN1C(=O)C(=Cc2cc(C)c(OC(C)=O)c(C)c2)Sc2ccccc21. The molecule has 1 heterocycles. The number of anilines is 1. The molecule has 0 radical (unpaired) electrons. The summed E-state index contributed by atoms with van der Waals surface area (Å²) in [5.74, 6) is -0.562. The summed E-state index contributed by atoms with van der Waals surface area (Å²) in [6, 6.07) is 11.2. The van der Waals surface area contributed by atoms with Crippen molar-refractivity contribution in [3.63, 3.8) is 0 Å². The Morgan fingerprint density at radius 2 is 1.80 bits per heavy atom. The number of hydrogen-bond donors (Lipinski definition) is 0. The number of esters is 2. The monoisotopic (exact) mass is 425 g/mol. The number of benzene rings is 2. The zero-order valence-electron chi connectivity index (χ0n) is 17.4. The van der Waals surface area contributed by atoms with E-state index in [-0.39, 0.29) is 25.0 Å². The quantitative estimate of drug-likeness (QED) is 0.405. The van der Waals surface area contributed by atoms with Crippen LogP contribution in [-0.2, 0) is 19.1 Å². The Bertz CT molecular complexity index is 1020. The van der Waals surface area contributed by atoms with Gasteiger partial charge in [-0.05, 0) is 67.8 Å². The van der Waals surface area contributed by atoms with Crippen molar-refractivity contribution in [1.29, 1.82) is 0 Å². The van der Waals surface area contributed by atoms with Gasteiger partial charge in [0.25, 0.3) is 5.91 Å². The minimum atomic E-state index is -0.454. The van der Waals surface area contributed by atoms with E-state index in [9.17, 15) is 14.4 Å². The highest BCUT2D eigenvalue weighted by atomic mass is 32.2. The summed E-state index contributed by atoms with van der Waals surface area (Å²) in [6.07, 6.45) is 1.79. The largest absolute Gasteiger partial charge is 0.465 e. The van der Waals surface area contributed by atoms with Crippen molar-refractivity contribution in [2.45, 2.75) is 32.6 Å². The first kappa shape index (κ1) is 21.6. The van der Waals surface area contributed by atoms with Crippen LogP contribution < -0.4 is 9.64 Å². The van der Waals surface area contributed by atoms with Gasteiger partial charge in [-0.3, -0.25) is 19.3 Å². The summed E-state index contributed by atoms with van der Waals surface area (Å²) >= 11 is 1.36. The van der Waals surface area contributed by atoms with E-state index in [0.29, 0.717) is 16.3 Å². The van der Waals surface area contributed by atoms with Gasteiger partial charge in [0.1, 0.15) is 12.3 Å². The molecule has 156 valence electrons. The minimum absolute atomic E-state index is 0.148. The van der Waals surface area contributed by atoms with E-state index < -0.39 is 5.97 Å². The van der Waals surface area contributed by atoms with Crippen LogP contribution in [0.1, 0.15) is 30.5 Å². The van der Waals surface area contributed by atoms with E-state index in [4.69, 9.17) is 9.47 Å². The van der Waals surface area contributed by atoms with Gasteiger partial charge in [-0.15, -0.1) is 0 Å². The molecule has 0 bridgehead atoms. The van der Waals surface area contributed by atoms with Crippen LogP contribution in [0.5, 0.6) is 5.75 Å². The molecule has 0 aromatic heterocycles. The van der Waals surface area contributed by atoms with Gasteiger partial charge >= 0.3 is 11.9 Å². The number of carbonyl (C=O) groups excluding carboxylic acids is 3. The fourth-order valence-electron chi connectivity index (χ4n) is 3.28. The number of ether oxygens (including phenoxy) is 2. The summed E-state index contributed by atoms with van der Waals surface area (Å²) in [5.41, 5.74) is 3.10. The van der Waals surface area contributed by atoms with Crippen molar-refractivity contribution in [1.82, 2.24) is 0 Å². The van der Waals surface area contributed by atoms with Crippen molar-refractivity contribution >= 4 is 41.4 Å². The molecule has 3 rings (SSSR count). The topological polar surface area (TPSA) is 72.9 Å². The molecular weight excluding hydrogens is 402 g/mol. The Hall–Kier alpha value is -3.06. The predicted octanol–water partition coefficient (Wildman–Crippen LogP) is 4.27. The average molecular weight is 426 g/mol. The summed E-state index contributed by atoms with van der Waals surface area (Å²) in [4.78, 5) is 39.4. The Labute approximate surface area is 179 Å². The maximum Gasteiger partial charge on any atom is 0.326 e. The van der Waals surface area contributed by atoms with E-state index in [0.717, 1.165) is 21.6 Å². The van der Waals surface area contributed by atoms with Crippen molar-refractivity contribution < 1.29 is 23.9 Å². The third-order valence-corrected chi connectivity index (χ3v) is 5.53. The molecule has 1 aliphatic rings. The van der Waals surface area contributed by atoms with Crippen LogP contribution in [0.15, 0.2) is 46.2 Å². The number of fused-ring (bicyclic) bond motifs is 1. The van der Waals surface area contributed by atoms with E-state index in [2.05, 4.69) is 0 Å². The second kappa shape index (κ2) is 9.17. The second-order valence-corrected chi connectivity index (χ2v) is 7.94. The van der Waals surface area contributed by atoms with Crippen LogP contribution in [0.25, 0.3) is 6.08 Å². The van der Waals surface area contributed by atoms with Crippen LogP contribution in [0.3, 0.4) is 0 Å². The molecular formula is C23H23NO5S. The highest BCUT2D eigenvalue weighted by Crippen LogP contribution is 2.42. The second-order valence-electron chi connectivity index (χ2n) is 6.85. The molecule has 0 saturated carbocycles. The standard InChI is InChI=1S/C23H23NO5S/c1-5-28-21(26)13-24-18-8-6-7-9-19(18)30-20(23(24)27)12-17-10-14(2)22(15(3)11-17)29-16(4)25/h6-12H,5,13H2,1-4H3. The van der Waals surface area contributed by atoms with Crippen molar-refractivity contribution in [2.24, 2.45) is 0 Å². The lowest BCUT2D eigenvalue weighted by molar-refractivity contribution is -0.142. The minimum Gasteiger partial charge on any atom is -0.465 e. The molecule has 0 aliphatic carbocycles. The number of para-hydroxylation sites is 1. The number of nitrogens with zero attached hydrogens (tertiary/aromatic N) is 1. The molecule has 1 amide bonds. The highest BCUT2D eigenvalue weighted by Gasteiger charge is 2.30. The van der Waals surface area contributed by atoms with Crippen LogP contribution in [-0.4, -0.2) is 31.0 Å². The van der Waals surface area contributed by atoms with Crippen molar-refractivity contribution in [2.75, 3.05) is 18.1 Å². The molecule has 0 fully saturated rings. The van der Waals surface area contributed by atoms with Gasteiger partial charge in [-0.25, -0.2) is 0 Å². The predicted molar refractivity (Wildman–Crippen MR) is 116 cm³/mol. The fourth-order valence-corrected chi connectivity index (χ4v) is 4.34. The Morgan fingerprint density at radius 1 is 1.13 bits per heavy atom. The van der Waals surface area contributed by atoms with Crippen LogP contribution in [0.4, 0.5) is 5.69 Å². The van der Waals surface area contributed by atoms with E-state index in [1.165, 1.54) is 23.6 Å². The Morgan fingerprint density at radius 3 is 2.43 bits per heavy atom. The van der Waals surface area contributed by atoms with Gasteiger partial charge in [0, 0.05) is 11.8 Å². The number of amides is 1. The van der Waals surface area contributed by atoms with Crippen LogP contribution in [0, 0.1) is 13.8 Å². The zero-order valence-corrected chi connectivity index (χ0v) is 18.2. The molecule has 7 heteroatoms. The molecule has 0 unspecified atom stereocenters. The molecule has 1 aliphatic heterocycles. The number of carbonyl (C=O) groups is 3. The summed E-state index contributed by atoms with van der Waals surface area (Å²) in [5, 5.41) is 0.